The summed E-state index contributed by atoms with van der Waals surface area (Å²) in [6.45, 7) is 2.43. The molecule has 0 radical (unpaired) electrons. The van der Waals surface area contributed by atoms with Gasteiger partial charge in [0.2, 0.25) is 5.91 Å². The number of nitrogens with one attached hydrogen (secondary N) is 1. The maximum atomic E-state index is 13.4. The summed E-state index contributed by atoms with van der Waals surface area (Å²) in [5.74, 6) is -0.615. The molecule has 1 amide bonds. The van der Waals surface area contributed by atoms with Crippen LogP contribution >= 0.6 is 11.8 Å². The van der Waals surface area contributed by atoms with Crippen molar-refractivity contribution in [2.45, 2.75) is 18.6 Å². The van der Waals surface area contributed by atoms with E-state index in [0.29, 0.717) is 33.9 Å². The Morgan fingerprint density at radius 2 is 1.76 bits per heavy atom. The van der Waals surface area contributed by atoms with Crippen LogP contribution < -0.4 is 10.9 Å². The van der Waals surface area contributed by atoms with Crippen LogP contribution in [0, 0.1) is 6.92 Å². The number of carbonyl (C=O) groups is 2. The van der Waals surface area contributed by atoms with Crippen molar-refractivity contribution in [3.8, 4) is 5.69 Å². The fourth-order valence-electron chi connectivity index (χ4n) is 3.40. The SMILES string of the molecule is COC(=O)c1ccc2c(=O)n(-c3ccccc3)c(SCC(=O)NCc3ccc(C)cc3)nc2c1. The molecule has 0 fully saturated rings. The number of ether oxygens (including phenoxy) is 1. The van der Waals surface area contributed by atoms with E-state index in [0.717, 1.165) is 22.9 Å². The number of hydrogen-bond donors (Lipinski definition) is 1. The largest absolute Gasteiger partial charge is 0.465 e. The highest BCUT2D eigenvalue weighted by molar-refractivity contribution is 7.99. The lowest BCUT2D eigenvalue weighted by atomic mass is 10.1. The Morgan fingerprint density at radius 3 is 2.47 bits per heavy atom. The lowest BCUT2D eigenvalue weighted by Gasteiger charge is -2.13. The van der Waals surface area contributed by atoms with E-state index in [9.17, 15) is 14.4 Å². The first-order chi connectivity index (χ1) is 16.5. The van der Waals surface area contributed by atoms with Gasteiger partial charge in [0.1, 0.15) is 0 Å². The zero-order chi connectivity index (χ0) is 24.1. The third-order valence-electron chi connectivity index (χ3n) is 5.22. The second kappa shape index (κ2) is 10.4. The van der Waals surface area contributed by atoms with Crippen LogP contribution in [-0.2, 0) is 16.1 Å². The van der Waals surface area contributed by atoms with Gasteiger partial charge >= 0.3 is 5.97 Å². The number of rotatable bonds is 7. The molecule has 1 heterocycles. The van der Waals surface area contributed by atoms with Crippen molar-refractivity contribution in [3.05, 3.63) is 99.8 Å². The molecular weight excluding hydrogens is 450 g/mol. The Balaban J connectivity index is 1.63. The van der Waals surface area contributed by atoms with E-state index in [1.54, 1.807) is 18.2 Å². The summed E-state index contributed by atoms with van der Waals surface area (Å²) >= 11 is 1.16. The standard InChI is InChI=1S/C26H23N3O4S/c1-17-8-10-18(11-9-17)15-27-23(30)16-34-26-28-22-14-19(25(32)33-2)12-13-21(22)24(31)29(26)20-6-4-3-5-7-20/h3-14H,15-16H2,1-2H3,(H,27,30). The van der Waals surface area contributed by atoms with Gasteiger partial charge in [-0.1, -0.05) is 59.8 Å². The molecule has 0 saturated carbocycles. The van der Waals surface area contributed by atoms with Crippen LogP contribution in [0.4, 0.5) is 0 Å². The molecule has 1 N–H and O–H groups in total. The molecule has 0 spiro atoms. The number of methoxy groups -OCH3 is 1. The molecule has 0 atom stereocenters. The van der Waals surface area contributed by atoms with Crippen LogP contribution in [0.15, 0.2) is 82.7 Å². The minimum Gasteiger partial charge on any atom is -0.465 e. The maximum Gasteiger partial charge on any atom is 0.337 e. The molecule has 172 valence electrons. The van der Waals surface area contributed by atoms with Crippen molar-refractivity contribution in [3.63, 3.8) is 0 Å². The number of amides is 1. The topological polar surface area (TPSA) is 90.3 Å². The third-order valence-corrected chi connectivity index (χ3v) is 6.16. The molecule has 8 heteroatoms. The number of para-hydroxylation sites is 1. The van der Waals surface area contributed by atoms with Crippen molar-refractivity contribution in [2.75, 3.05) is 12.9 Å². The fraction of sp³-hybridized carbons (Fsp3) is 0.154. The number of hydrogen-bond acceptors (Lipinski definition) is 6. The van der Waals surface area contributed by atoms with E-state index in [-0.39, 0.29) is 17.2 Å². The smallest absolute Gasteiger partial charge is 0.337 e. The summed E-state index contributed by atoms with van der Waals surface area (Å²) in [6.07, 6.45) is 0. The summed E-state index contributed by atoms with van der Waals surface area (Å²) in [6, 6.07) is 21.7. The molecule has 7 nitrogen and oxygen atoms in total. The van der Waals surface area contributed by atoms with Crippen molar-refractivity contribution >= 4 is 34.5 Å². The number of fused-ring (bicyclic) bond motifs is 1. The summed E-state index contributed by atoms with van der Waals surface area (Å²) < 4.78 is 6.26. The molecule has 0 unspecified atom stereocenters. The van der Waals surface area contributed by atoms with E-state index >= 15 is 0 Å². The molecule has 0 saturated heterocycles. The maximum absolute atomic E-state index is 13.4. The van der Waals surface area contributed by atoms with Gasteiger partial charge in [-0.3, -0.25) is 14.2 Å². The average molecular weight is 474 g/mol. The zero-order valence-electron chi connectivity index (χ0n) is 18.8. The Morgan fingerprint density at radius 1 is 1.03 bits per heavy atom. The lowest BCUT2D eigenvalue weighted by molar-refractivity contribution is -0.118. The van der Waals surface area contributed by atoms with Gasteiger partial charge in [-0.15, -0.1) is 0 Å². The zero-order valence-corrected chi connectivity index (χ0v) is 19.6. The van der Waals surface area contributed by atoms with Crippen LogP contribution in [0.3, 0.4) is 0 Å². The molecule has 0 aliphatic carbocycles. The predicted octanol–water partition coefficient (Wildman–Crippen LogP) is 3.89. The second-order valence-electron chi connectivity index (χ2n) is 7.65. The van der Waals surface area contributed by atoms with Crippen LogP contribution in [0.1, 0.15) is 21.5 Å². The van der Waals surface area contributed by atoms with Crippen LogP contribution in [-0.4, -0.2) is 34.3 Å². The molecule has 0 aliphatic heterocycles. The molecule has 1 aromatic heterocycles. The normalized spacial score (nSPS) is 10.8. The van der Waals surface area contributed by atoms with E-state index in [2.05, 4.69) is 10.3 Å². The fourth-order valence-corrected chi connectivity index (χ4v) is 4.24. The highest BCUT2D eigenvalue weighted by Crippen LogP contribution is 2.22. The Kier molecular flexibility index (Phi) is 7.08. The Bertz CT molecular complexity index is 1400. The number of thioether (sulfide) groups is 1. The van der Waals surface area contributed by atoms with E-state index in [4.69, 9.17) is 4.74 Å². The number of nitrogens with zero attached hydrogens (tertiary/aromatic N) is 2. The quantitative estimate of drug-likeness (QED) is 0.249. The van der Waals surface area contributed by atoms with Crippen LogP contribution in [0.25, 0.3) is 16.6 Å². The van der Waals surface area contributed by atoms with Gasteiger partial charge in [0.15, 0.2) is 5.16 Å². The third kappa shape index (κ3) is 5.18. The highest BCUT2D eigenvalue weighted by atomic mass is 32.2. The second-order valence-corrected chi connectivity index (χ2v) is 8.59. The van der Waals surface area contributed by atoms with Crippen molar-refractivity contribution < 1.29 is 14.3 Å². The molecule has 0 aliphatic rings. The van der Waals surface area contributed by atoms with Gasteiger partial charge in [0.05, 0.1) is 35.0 Å². The minimum absolute atomic E-state index is 0.0767. The monoisotopic (exact) mass is 473 g/mol. The number of carbonyl (C=O) groups excluding carboxylic acids is 2. The molecule has 3 aromatic carbocycles. The summed E-state index contributed by atoms with van der Waals surface area (Å²) in [7, 11) is 1.30. The van der Waals surface area contributed by atoms with Crippen molar-refractivity contribution in [2.24, 2.45) is 0 Å². The molecule has 34 heavy (non-hydrogen) atoms. The van der Waals surface area contributed by atoms with Gasteiger partial charge in [-0.2, -0.15) is 0 Å². The minimum atomic E-state index is -0.513. The summed E-state index contributed by atoms with van der Waals surface area (Å²) in [4.78, 5) is 42.5. The van der Waals surface area contributed by atoms with Gasteiger partial charge in [0.25, 0.3) is 5.56 Å². The van der Waals surface area contributed by atoms with Crippen LogP contribution in [0.5, 0.6) is 0 Å². The van der Waals surface area contributed by atoms with Gasteiger partial charge in [-0.25, -0.2) is 9.78 Å². The van der Waals surface area contributed by atoms with Crippen molar-refractivity contribution in [1.29, 1.82) is 0 Å². The van der Waals surface area contributed by atoms with E-state index in [1.165, 1.54) is 23.8 Å². The number of aryl methyl sites for hydroxylation is 1. The molecule has 0 bridgehead atoms. The first kappa shape index (κ1) is 23.3. The van der Waals surface area contributed by atoms with Crippen LogP contribution in [0.2, 0.25) is 0 Å². The molecule has 4 rings (SSSR count). The Hall–Kier alpha value is -3.91. The van der Waals surface area contributed by atoms with E-state index < -0.39 is 5.97 Å². The predicted molar refractivity (Wildman–Crippen MR) is 132 cm³/mol. The lowest BCUT2D eigenvalue weighted by Crippen LogP contribution is -2.26. The molecular formula is C26H23N3O4S. The molecule has 4 aromatic rings. The highest BCUT2D eigenvalue weighted by Gasteiger charge is 2.16. The average Bonchev–Trinajstić information content (AvgIpc) is 2.86. The summed E-state index contributed by atoms with van der Waals surface area (Å²) in [5.41, 5.74) is 3.18. The Labute approximate surface area is 200 Å². The number of benzene rings is 3. The first-order valence-corrected chi connectivity index (χ1v) is 11.6. The van der Waals surface area contributed by atoms with Gasteiger partial charge < -0.3 is 10.1 Å². The van der Waals surface area contributed by atoms with E-state index in [1.807, 2.05) is 49.4 Å². The number of esters is 1. The van der Waals surface area contributed by atoms with Gasteiger partial charge in [0, 0.05) is 6.54 Å². The van der Waals surface area contributed by atoms with Crippen molar-refractivity contribution in [1.82, 2.24) is 14.9 Å². The summed E-state index contributed by atoms with van der Waals surface area (Å²) in [5, 5.41) is 3.62. The van der Waals surface area contributed by atoms with Gasteiger partial charge in [-0.05, 0) is 42.8 Å². The number of aromatic nitrogens is 2. The first-order valence-electron chi connectivity index (χ1n) is 10.6.